The van der Waals surface area contributed by atoms with Gasteiger partial charge >= 0.3 is 0 Å². The Morgan fingerprint density at radius 2 is 2.07 bits per heavy atom. The number of carbonyl (C=O) groups excluding carboxylic acids is 1. The summed E-state index contributed by atoms with van der Waals surface area (Å²) in [5.74, 6) is 0.231. The fraction of sp³-hybridized carbons (Fsp3) is 0.269. The standard InChI is InChI=1S/C26H30N2O2/c1-6-7-8-20(21-9-10-24-22(15-21)11-13-27(24)5)12-14-28-17-23(29)16-25(30)19(4)26(28)18(2)3/h6-13,15,17-18,29H,1,14,16H2,2-5H3/b8-7-,20-12+. The second-order valence-corrected chi connectivity index (χ2v) is 7.99. The molecular weight excluding hydrogens is 372 g/mol. The second kappa shape index (κ2) is 9.04. The van der Waals surface area contributed by atoms with E-state index in [0.717, 1.165) is 16.8 Å². The van der Waals surface area contributed by atoms with E-state index < -0.39 is 0 Å². The molecule has 30 heavy (non-hydrogen) atoms. The van der Waals surface area contributed by atoms with Crippen LogP contribution >= 0.6 is 0 Å². The highest BCUT2D eigenvalue weighted by Gasteiger charge is 2.23. The monoisotopic (exact) mass is 402 g/mol. The van der Waals surface area contributed by atoms with Crippen molar-refractivity contribution in [2.75, 3.05) is 6.54 Å². The summed E-state index contributed by atoms with van der Waals surface area (Å²) >= 11 is 0. The Kier molecular flexibility index (Phi) is 6.46. The summed E-state index contributed by atoms with van der Waals surface area (Å²) in [4.78, 5) is 14.4. The summed E-state index contributed by atoms with van der Waals surface area (Å²) in [7, 11) is 2.04. The number of carbonyl (C=O) groups is 1. The summed E-state index contributed by atoms with van der Waals surface area (Å²) < 4.78 is 2.10. The molecule has 1 N–H and O–H groups in total. The number of nitrogens with zero attached hydrogens (tertiary/aromatic N) is 2. The van der Waals surface area contributed by atoms with Crippen LogP contribution in [-0.4, -0.2) is 26.9 Å². The van der Waals surface area contributed by atoms with E-state index in [1.807, 2.05) is 31.0 Å². The van der Waals surface area contributed by atoms with Crippen LogP contribution in [0.2, 0.25) is 0 Å². The van der Waals surface area contributed by atoms with Crippen LogP contribution in [0, 0.1) is 5.92 Å². The van der Waals surface area contributed by atoms with Crippen molar-refractivity contribution < 1.29 is 9.90 Å². The van der Waals surface area contributed by atoms with Gasteiger partial charge in [-0.2, -0.15) is 0 Å². The summed E-state index contributed by atoms with van der Waals surface area (Å²) in [5, 5.41) is 11.4. The number of fused-ring (bicyclic) bond motifs is 1. The number of hydrogen-bond donors (Lipinski definition) is 1. The van der Waals surface area contributed by atoms with E-state index in [1.165, 1.54) is 10.9 Å². The molecule has 0 saturated heterocycles. The quantitative estimate of drug-likeness (QED) is 0.611. The predicted octanol–water partition coefficient (Wildman–Crippen LogP) is 5.91. The third kappa shape index (κ3) is 4.48. The van der Waals surface area contributed by atoms with Gasteiger partial charge in [-0.05, 0) is 42.2 Å². The van der Waals surface area contributed by atoms with Crippen molar-refractivity contribution in [3.05, 3.63) is 90.1 Å². The van der Waals surface area contributed by atoms with Crippen molar-refractivity contribution in [2.45, 2.75) is 27.2 Å². The molecule has 4 nitrogen and oxygen atoms in total. The summed E-state index contributed by atoms with van der Waals surface area (Å²) in [6.07, 6.45) is 11.6. The summed E-state index contributed by atoms with van der Waals surface area (Å²) in [6.45, 7) is 10.3. The van der Waals surface area contributed by atoms with Gasteiger partial charge in [-0.15, -0.1) is 0 Å². The van der Waals surface area contributed by atoms with Crippen molar-refractivity contribution in [2.24, 2.45) is 13.0 Å². The molecule has 156 valence electrons. The van der Waals surface area contributed by atoms with Gasteiger partial charge in [0, 0.05) is 48.2 Å². The van der Waals surface area contributed by atoms with Gasteiger partial charge in [0.2, 0.25) is 0 Å². The van der Waals surface area contributed by atoms with E-state index in [4.69, 9.17) is 0 Å². The fourth-order valence-electron chi connectivity index (χ4n) is 3.98. The van der Waals surface area contributed by atoms with Crippen molar-refractivity contribution in [3.8, 4) is 0 Å². The SMILES string of the molecule is C=C/C=C\C(=C/CN1C=C(O)CC(=O)C(C)=C1C(C)C)c1ccc2c(ccn2C)c1. The number of aryl methyl sites for hydroxylation is 1. The zero-order valence-electron chi connectivity index (χ0n) is 18.2. The van der Waals surface area contributed by atoms with Crippen molar-refractivity contribution >= 4 is 22.3 Å². The lowest BCUT2D eigenvalue weighted by atomic mass is 10.00. The number of ketones is 1. The fourth-order valence-corrected chi connectivity index (χ4v) is 3.98. The molecule has 2 heterocycles. The van der Waals surface area contributed by atoms with Gasteiger partial charge in [-0.1, -0.05) is 50.8 Å². The highest BCUT2D eigenvalue weighted by atomic mass is 16.3. The maximum absolute atomic E-state index is 12.4. The van der Waals surface area contributed by atoms with Gasteiger partial charge in [0.05, 0.1) is 6.42 Å². The smallest absolute Gasteiger partial charge is 0.167 e. The lowest BCUT2D eigenvalue weighted by Crippen LogP contribution is -2.22. The van der Waals surface area contributed by atoms with E-state index in [9.17, 15) is 9.90 Å². The van der Waals surface area contributed by atoms with Gasteiger partial charge in [0.15, 0.2) is 5.78 Å². The Hall–Kier alpha value is -3.27. The lowest BCUT2D eigenvalue weighted by Gasteiger charge is -2.26. The number of aromatic nitrogens is 1. The van der Waals surface area contributed by atoms with Crippen molar-refractivity contribution in [3.63, 3.8) is 0 Å². The van der Waals surface area contributed by atoms with E-state index in [2.05, 4.69) is 61.5 Å². The highest BCUT2D eigenvalue weighted by Crippen LogP contribution is 2.28. The number of benzene rings is 1. The molecule has 0 fully saturated rings. The highest BCUT2D eigenvalue weighted by molar-refractivity contribution is 5.97. The third-order valence-corrected chi connectivity index (χ3v) is 5.44. The Morgan fingerprint density at radius 1 is 1.30 bits per heavy atom. The molecular formula is C26H30N2O2. The first-order valence-corrected chi connectivity index (χ1v) is 10.3. The molecule has 3 rings (SSSR count). The van der Waals surface area contributed by atoms with Crippen molar-refractivity contribution in [1.29, 1.82) is 0 Å². The molecule has 1 aliphatic rings. The molecule has 0 spiro atoms. The molecule has 0 atom stereocenters. The first kappa shape index (κ1) is 21.4. The zero-order valence-corrected chi connectivity index (χ0v) is 18.2. The lowest BCUT2D eigenvalue weighted by molar-refractivity contribution is -0.115. The Morgan fingerprint density at radius 3 is 2.77 bits per heavy atom. The predicted molar refractivity (Wildman–Crippen MR) is 125 cm³/mol. The largest absolute Gasteiger partial charge is 0.510 e. The van der Waals surface area contributed by atoms with Crippen LogP contribution in [0.1, 0.15) is 32.8 Å². The Balaban J connectivity index is 2.02. The van der Waals surface area contributed by atoms with Gasteiger partial charge in [-0.25, -0.2) is 0 Å². The minimum Gasteiger partial charge on any atom is -0.510 e. The van der Waals surface area contributed by atoms with Crippen LogP contribution in [0.5, 0.6) is 0 Å². The molecule has 0 radical (unpaired) electrons. The molecule has 0 unspecified atom stereocenters. The van der Waals surface area contributed by atoms with Gasteiger partial charge in [0.1, 0.15) is 5.76 Å². The first-order chi connectivity index (χ1) is 14.3. The molecule has 1 aliphatic heterocycles. The number of aliphatic hydroxyl groups excluding tert-OH is 1. The van der Waals surface area contributed by atoms with Crippen molar-refractivity contribution in [1.82, 2.24) is 9.47 Å². The molecule has 0 aliphatic carbocycles. The van der Waals surface area contributed by atoms with E-state index in [1.54, 1.807) is 12.3 Å². The average Bonchev–Trinajstić information content (AvgIpc) is 3.02. The molecule has 4 heteroatoms. The van der Waals surface area contributed by atoms with Gasteiger partial charge in [-0.3, -0.25) is 4.79 Å². The molecule has 0 saturated carbocycles. The minimum absolute atomic E-state index is 0.0276. The maximum atomic E-state index is 12.4. The number of rotatable bonds is 6. The molecule has 1 aromatic carbocycles. The topological polar surface area (TPSA) is 45.5 Å². The Bertz CT molecular complexity index is 1090. The number of Topliss-reactive ketones (excluding diaryl/α,β-unsaturated/α-hetero) is 1. The third-order valence-electron chi connectivity index (χ3n) is 5.44. The number of hydrogen-bond acceptors (Lipinski definition) is 3. The maximum Gasteiger partial charge on any atom is 0.167 e. The van der Waals surface area contributed by atoms with E-state index in [0.29, 0.717) is 12.1 Å². The van der Waals surface area contributed by atoms with Crippen LogP contribution in [0.25, 0.3) is 16.5 Å². The number of aliphatic hydroxyl groups is 1. The second-order valence-electron chi connectivity index (χ2n) is 7.99. The Labute approximate surface area is 178 Å². The first-order valence-electron chi connectivity index (χ1n) is 10.3. The van der Waals surface area contributed by atoms with Crippen LogP contribution < -0.4 is 0 Å². The molecule has 1 aromatic heterocycles. The molecule has 2 aromatic rings. The van der Waals surface area contributed by atoms with E-state index in [-0.39, 0.29) is 23.9 Å². The van der Waals surface area contributed by atoms with Gasteiger partial charge < -0.3 is 14.6 Å². The zero-order chi connectivity index (χ0) is 21.8. The van der Waals surface area contributed by atoms with Crippen LogP contribution in [0.15, 0.2) is 84.6 Å². The minimum atomic E-state index is -0.0276. The average molecular weight is 403 g/mol. The number of allylic oxidation sites excluding steroid dienone is 7. The van der Waals surface area contributed by atoms with Crippen LogP contribution in [-0.2, 0) is 11.8 Å². The van der Waals surface area contributed by atoms with Crippen LogP contribution in [0.3, 0.4) is 0 Å². The van der Waals surface area contributed by atoms with E-state index >= 15 is 0 Å². The normalized spacial score (nSPS) is 16.0. The molecule has 0 bridgehead atoms. The molecule has 0 amide bonds. The summed E-state index contributed by atoms with van der Waals surface area (Å²) in [6, 6.07) is 8.53. The van der Waals surface area contributed by atoms with Crippen LogP contribution in [0.4, 0.5) is 0 Å². The van der Waals surface area contributed by atoms with Gasteiger partial charge in [0.25, 0.3) is 0 Å². The summed E-state index contributed by atoms with van der Waals surface area (Å²) in [5.41, 5.74) is 5.02.